The number of hydrogen-bond acceptors (Lipinski definition) is 3. The lowest BCUT2D eigenvalue weighted by Gasteiger charge is -2.13. The van der Waals surface area contributed by atoms with Crippen molar-refractivity contribution in [3.63, 3.8) is 0 Å². The van der Waals surface area contributed by atoms with Gasteiger partial charge < -0.3 is 5.73 Å². The molecule has 90 valence electrons. The molecule has 0 unspecified atom stereocenters. The molecule has 0 aliphatic rings. The van der Waals surface area contributed by atoms with E-state index in [0.29, 0.717) is 10.8 Å². The molecule has 0 saturated carbocycles. The molecule has 2 rings (SSSR count). The van der Waals surface area contributed by atoms with Crippen LogP contribution in [0.5, 0.6) is 0 Å². The van der Waals surface area contributed by atoms with Crippen molar-refractivity contribution in [1.29, 1.82) is 0 Å². The Morgan fingerprint density at radius 2 is 1.82 bits per heavy atom. The Morgan fingerprint density at radius 1 is 1.12 bits per heavy atom. The standard InChI is InChI=1S/C12H13NO2S2/c13-9-11(10-5-2-1-3-6-10)17(14,15)12-7-4-8-16-12/h1-8,11H,9,13H2/p+1/t11-/m0/s1. The average Bonchev–Trinajstić information content (AvgIpc) is 2.85. The van der Waals surface area contributed by atoms with Gasteiger partial charge in [0.1, 0.15) is 9.46 Å². The number of benzene rings is 1. The van der Waals surface area contributed by atoms with Crippen LogP contribution in [0.15, 0.2) is 52.1 Å². The molecule has 1 heterocycles. The van der Waals surface area contributed by atoms with Gasteiger partial charge in [-0.15, -0.1) is 11.3 Å². The van der Waals surface area contributed by atoms with Crippen LogP contribution in [0.25, 0.3) is 0 Å². The van der Waals surface area contributed by atoms with E-state index in [1.807, 2.05) is 30.3 Å². The van der Waals surface area contributed by atoms with Crippen molar-refractivity contribution in [2.45, 2.75) is 9.46 Å². The fourth-order valence-electron chi connectivity index (χ4n) is 1.73. The van der Waals surface area contributed by atoms with Crippen molar-refractivity contribution in [2.24, 2.45) is 0 Å². The van der Waals surface area contributed by atoms with E-state index in [1.54, 1.807) is 17.5 Å². The van der Waals surface area contributed by atoms with E-state index in [0.717, 1.165) is 5.56 Å². The van der Waals surface area contributed by atoms with Crippen molar-refractivity contribution in [3.8, 4) is 0 Å². The average molecular weight is 268 g/mol. The van der Waals surface area contributed by atoms with Crippen molar-refractivity contribution in [1.82, 2.24) is 0 Å². The van der Waals surface area contributed by atoms with E-state index in [2.05, 4.69) is 5.73 Å². The first-order chi connectivity index (χ1) is 8.16. The van der Waals surface area contributed by atoms with Gasteiger partial charge in [0, 0.05) is 0 Å². The molecule has 3 nitrogen and oxygen atoms in total. The minimum absolute atomic E-state index is 0.338. The number of rotatable bonds is 4. The highest BCUT2D eigenvalue weighted by atomic mass is 32.2. The molecular weight excluding hydrogens is 254 g/mol. The van der Waals surface area contributed by atoms with Gasteiger partial charge in [-0.2, -0.15) is 0 Å². The van der Waals surface area contributed by atoms with Crippen LogP contribution < -0.4 is 5.73 Å². The normalized spacial score (nSPS) is 13.5. The summed E-state index contributed by atoms with van der Waals surface area (Å²) in [5.41, 5.74) is 4.57. The highest BCUT2D eigenvalue weighted by molar-refractivity contribution is 7.93. The Bertz CT molecular complexity index is 562. The Balaban J connectivity index is 2.44. The van der Waals surface area contributed by atoms with Crippen LogP contribution in [0.1, 0.15) is 10.8 Å². The molecule has 0 aliphatic heterocycles. The lowest BCUT2D eigenvalue weighted by atomic mass is 10.1. The summed E-state index contributed by atoms with van der Waals surface area (Å²) in [4.78, 5) is 0. The van der Waals surface area contributed by atoms with Crippen LogP contribution in [0, 0.1) is 0 Å². The maximum atomic E-state index is 12.4. The van der Waals surface area contributed by atoms with Gasteiger partial charge in [-0.3, -0.25) is 0 Å². The second kappa shape index (κ2) is 5.00. The summed E-state index contributed by atoms with van der Waals surface area (Å²) < 4.78 is 25.2. The number of thiophene rings is 1. The Labute approximate surface area is 105 Å². The van der Waals surface area contributed by atoms with Crippen molar-refractivity contribution in [3.05, 3.63) is 53.4 Å². The minimum Gasteiger partial charge on any atom is -0.356 e. The largest absolute Gasteiger partial charge is 0.356 e. The molecule has 1 aromatic heterocycles. The Hall–Kier alpha value is -1.17. The number of hydrogen-bond donors (Lipinski definition) is 1. The summed E-state index contributed by atoms with van der Waals surface area (Å²) in [6.07, 6.45) is 0. The molecule has 0 aliphatic carbocycles. The molecule has 0 spiro atoms. The third-order valence-electron chi connectivity index (χ3n) is 2.58. The van der Waals surface area contributed by atoms with E-state index in [4.69, 9.17) is 0 Å². The fourth-order valence-corrected chi connectivity index (χ4v) is 4.61. The predicted octanol–water partition coefficient (Wildman–Crippen LogP) is 1.50. The number of quaternary nitrogens is 1. The monoisotopic (exact) mass is 268 g/mol. The molecule has 5 heteroatoms. The van der Waals surface area contributed by atoms with E-state index < -0.39 is 15.1 Å². The van der Waals surface area contributed by atoms with Crippen LogP contribution in [-0.4, -0.2) is 15.0 Å². The zero-order valence-corrected chi connectivity index (χ0v) is 10.9. The molecule has 2 aromatic rings. The molecular formula is C12H14NO2S2+. The molecule has 0 radical (unpaired) electrons. The van der Waals surface area contributed by atoms with Crippen molar-refractivity contribution >= 4 is 21.2 Å². The molecule has 17 heavy (non-hydrogen) atoms. The van der Waals surface area contributed by atoms with Crippen molar-refractivity contribution < 1.29 is 14.2 Å². The predicted molar refractivity (Wildman–Crippen MR) is 68.4 cm³/mol. The summed E-state index contributed by atoms with van der Waals surface area (Å²) >= 11 is 1.25. The van der Waals surface area contributed by atoms with Gasteiger partial charge in [0.25, 0.3) is 0 Å². The van der Waals surface area contributed by atoms with Crippen LogP contribution >= 0.6 is 11.3 Å². The molecule has 1 aromatic carbocycles. The third kappa shape index (κ3) is 2.41. The van der Waals surface area contributed by atoms with Crippen LogP contribution in [0.3, 0.4) is 0 Å². The topological polar surface area (TPSA) is 61.8 Å². The second-order valence-electron chi connectivity index (χ2n) is 3.67. The van der Waals surface area contributed by atoms with Gasteiger partial charge >= 0.3 is 0 Å². The zero-order valence-electron chi connectivity index (χ0n) is 9.24. The fraction of sp³-hybridized carbons (Fsp3) is 0.167. The molecule has 0 saturated heterocycles. The summed E-state index contributed by atoms with van der Waals surface area (Å²) in [5.74, 6) is 0. The summed E-state index contributed by atoms with van der Waals surface area (Å²) in [6.45, 7) is 0.338. The number of sulfone groups is 1. The van der Waals surface area contributed by atoms with Gasteiger partial charge in [-0.05, 0) is 17.0 Å². The van der Waals surface area contributed by atoms with Gasteiger partial charge in [0.15, 0.2) is 9.84 Å². The molecule has 1 atom stereocenters. The summed E-state index contributed by atoms with van der Waals surface area (Å²) in [7, 11) is -3.30. The lowest BCUT2D eigenvalue weighted by molar-refractivity contribution is -0.367. The van der Waals surface area contributed by atoms with E-state index in [1.165, 1.54) is 11.3 Å². The SMILES string of the molecule is [NH3+]C[C@@H](c1ccccc1)S(=O)(=O)c1cccs1. The molecule has 0 amide bonds. The molecule has 3 N–H and O–H groups in total. The van der Waals surface area contributed by atoms with Crippen LogP contribution in [-0.2, 0) is 9.84 Å². The second-order valence-corrected chi connectivity index (χ2v) is 6.97. The third-order valence-corrected chi connectivity index (χ3v) is 6.18. The highest BCUT2D eigenvalue weighted by Gasteiger charge is 2.30. The van der Waals surface area contributed by atoms with E-state index in [-0.39, 0.29) is 0 Å². The highest BCUT2D eigenvalue weighted by Crippen LogP contribution is 2.30. The first-order valence-corrected chi connectivity index (χ1v) is 7.70. The zero-order chi connectivity index (χ0) is 12.3. The Morgan fingerprint density at radius 3 is 2.35 bits per heavy atom. The first kappa shape index (κ1) is 12.3. The molecule has 0 bridgehead atoms. The molecule has 0 fully saturated rings. The van der Waals surface area contributed by atoms with E-state index in [9.17, 15) is 8.42 Å². The van der Waals surface area contributed by atoms with E-state index >= 15 is 0 Å². The minimum atomic E-state index is -3.30. The van der Waals surface area contributed by atoms with Crippen molar-refractivity contribution in [2.75, 3.05) is 6.54 Å². The summed E-state index contributed by atoms with van der Waals surface area (Å²) in [6, 6.07) is 12.6. The van der Waals surface area contributed by atoms with Gasteiger partial charge in [-0.1, -0.05) is 36.4 Å². The van der Waals surface area contributed by atoms with Crippen LogP contribution in [0.2, 0.25) is 0 Å². The maximum absolute atomic E-state index is 12.4. The van der Waals surface area contributed by atoms with Gasteiger partial charge in [0.05, 0.1) is 6.54 Å². The first-order valence-electron chi connectivity index (χ1n) is 5.28. The smallest absolute Gasteiger partial charge is 0.200 e. The summed E-state index contributed by atoms with van der Waals surface area (Å²) in [5, 5.41) is 1.22. The Kier molecular flexibility index (Phi) is 3.61. The lowest BCUT2D eigenvalue weighted by Crippen LogP contribution is -2.54. The van der Waals surface area contributed by atoms with Gasteiger partial charge in [0.2, 0.25) is 0 Å². The maximum Gasteiger partial charge on any atom is 0.200 e. The van der Waals surface area contributed by atoms with Gasteiger partial charge in [-0.25, -0.2) is 8.42 Å². The van der Waals surface area contributed by atoms with Crippen LogP contribution in [0.4, 0.5) is 0 Å². The quantitative estimate of drug-likeness (QED) is 0.913.